The van der Waals surface area contributed by atoms with E-state index in [4.69, 9.17) is 0 Å². The maximum Gasteiger partial charge on any atom is 0.00696 e. The zero-order chi connectivity index (χ0) is 8.97. The van der Waals surface area contributed by atoms with Crippen LogP contribution in [0.1, 0.15) is 52.9 Å². The van der Waals surface area contributed by atoms with Crippen LogP contribution in [0.5, 0.6) is 0 Å². The maximum absolute atomic E-state index is 3.73. The lowest BCUT2D eigenvalue weighted by Gasteiger charge is -2.23. The third-order valence-electron chi connectivity index (χ3n) is 3.35. The summed E-state index contributed by atoms with van der Waals surface area (Å²) in [5.74, 6) is 0.825. The zero-order valence-corrected chi connectivity index (χ0v) is 8.77. The summed E-state index contributed by atoms with van der Waals surface area (Å²) in [7, 11) is 0. The molecule has 0 unspecified atom stereocenters. The van der Waals surface area contributed by atoms with E-state index in [9.17, 15) is 0 Å². The Balaban J connectivity index is 2.19. The largest absolute Gasteiger partial charge is 0.311 e. The van der Waals surface area contributed by atoms with Gasteiger partial charge in [0, 0.05) is 12.1 Å². The molecule has 0 aromatic rings. The molecule has 0 spiro atoms. The van der Waals surface area contributed by atoms with Crippen LogP contribution in [0.4, 0.5) is 0 Å². The van der Waals surface area contributed by atoms with Crippen molar-refractivity contribution in [3.8, 4) is 0 Å². The Kier molecular flexibility index (Phi) is 4.07. The minimum Gasteiger partial charge on any atom is -0.311 e. The van der Waals surface area contributed by atoms with Gasteiger partial charge >= 0.3 is 0 Å². The monoisotopic (exact) mass is 169 g/mol. The molecule has 0 aromatic heterocycles. The second kappa shape index (κ2) is 4.86. The lowest BCUT2D eigenvalue weighted by atomic mass is 10.00. The minimum atomic E-state index is 0.707. The van der Waals surface area contributed by atoms with Crippen molar-refractivity contribution < 1.29 is 0 Å². The predicted molar refractivity (Wildman–Crippen MR) is 54.3 cm³/mol. The van der Waals surface area contributed by atoms with Crippen LogP contribution in [0.3, 0.4) is 0 Å². The van der Waals surface area contributed by atoms with Crippen molar-refractivity contribution in [2.75, 3.05) is 0 Å². The van der Waals surface area contributed by atoms with E-state index < -0.39 is 0 Å². The molecule has 0 saturated heterocycles. The quantitative estimate of drug-likeness (QED) is 0.682. The van der Waals surface area contributed by atoms with Crippen LogP contribution in [-0.2, 0) is 0 Å². The molecule has 0 aromatic carbocycles. The Morgan fingerprint density at radius 2 is 1.83 bits per heavy atom. The molecule has 0 radical (unpaired) electrons. The van der Waals surface area contributed by atoms with Gasteiger partial charge in [-0.3, -0.25) is 0 Å². The maximum atomic E-state index is 3.73. The molecule has 0 aliphatic heterocycles. The van der Waals surface area contributed by atoms with Gasteiger partial charge in [-0.2, -0.15) is 0 Å². The number of rotatable bonds is 4. The van der Waals surface area contributed by atoms with E-state index in [1.807, 2.05) is 0 Å². The van der Waals surface area contributed by atoms with Crippen molar-refractivity contribution in [3.05, 3.63) is 0 Å². The summed E-state index contributed by atoms with van der Waals surface area (Å²) in [6, 6.07) is 1.53. The van der Waals surface area contributed by atoms with E-state index in [0.717, 1.165) is 12.0 Å². The summed E-state index contributed by atoms with van der Waals surface area (Å²) >= 11 is 0. The van der Waals surface area contributed by atoms with Crippen LogP contribution in [0.25, 0.3) is 0 Å². The zero-order valence-electron chi connectivity index (χ0n) is 8.77. The SMILES string of the molecule is CC[C@H](C)[C@@H](C)NC1CCCC1. The van der Waals surface area contributed by atoms with E-state index in [0.29, 0.717) is 6.04 Å². The summed E-state index contributed by atoms with van der Waals surface area (Å²) < 4.78 is 0. The molecule has 12 heavy (non-hydrogen) atoms. The fourth-order valence-corrected chi connectivity index (χ4v) is 1.98. The first-order chi connectivity index (χ1) is 5.74. The van der Waals surface area contributed by atoms with Crippen LogP contribution in [0, 0.1) is 5.92 Å². The Bertz CT molecular complexity index is 116. The van der Waals surface area contributed by atoms with Gasteiger partial charge in [0.1, 0.15) is 0 Å². The van der Waals surface area contributed by atoms with Crippen LogP contribution in [-0.4, -0.2) is 12.1 Å². The molecule has 1 rings (SSSR count). The molecule has 1 aliphatic carbocycles. The molecule has 0 amide bonds. The van der Waals surface area contributed by atoms with E-state index in [2.05, 4.69) is 26.1 Å². The van der Waals surface area contributed by atoms with Gasteiger partial charge < -0.3 is 5.32 Å². The van der Waals surface area contributed by atoms with Crippen molar-refractivity contribution in [1.29, 1.82) is 0 Å². The normalized spacial score (nSPS) is 24.2. The van der Waals surface area contributed by atoms with Crippen molar-refractivity contribution in [3.63, 3.8) is 0 Å². The lowest BCUT2D eigenvalue weighted by Crippen LogP contribution is -2.38. The smallest absolute Gasteiger partial charge is 0.00696 e. The summed E-state index contributed by atoms with van der Waals surface area (Å²) in [5.41, 5.74) is 0. The molecule has 72 valence electrons. The van der Waals surface area contributed by atoms with Gasteiger partial charge in [0.15, 0.2) is 0 Å². The first kappa shape index (κ1) is 10.0. The van der Waals surface area contributed by atoms with Gasteiger partial charge in [0.05, 0.1) is 0 Å². The van der Waals surface area contributed by atoms with Gasteiger partial charge in [0.2, 0.25) is 0 Å². The number of nitrogens with one attached hydrogen (secondary N) is 1. The Morgan fingerprint density at radius 1 is 1.25 bits per heavy atom. The van der Waals surface area contributed by atoms with E-state index in [1.165, 1.54) is 32.1 Å². The van der Waals surface area contributed by atoms with Crippen molar-refractivity contribution in [1.82, 2.24) is 5.32 Å². The van der Waals surface area contributed by atoms with Crippen LogP contribution < -0.4 is 5.32 Å². The summed E-state index contributed by atoms with van der Waals surface area (Å²) in [5, 5.41) is 3.73. The highest BCUT2D eigenvalue weighted by Gasteiger charge is 2.18. The van der Waals surface area contributed by atoms with Gasteiger partial charge in [0.25, 0.3) is 0 Å². The topological polar surface area (TPSA) is 12.0 Å². The fourth-order valence-electron chi connectivity index (χ4n) is 1.98. The first-order valence-corrected chi connectivity index (χ1v) is 5.50. The molecule has 1 nitrogen and oxygen atoms in total. The average molecular weight is 169 g/mol. The van der Waals surface area contributed by atoms with Crippen molar-refractivity contribution in [2.45, 2.75) is 65.0 Å². The molecular weight excluding hydrogens is 146 g/mol. The summed E-state index contributed by atoms with van der Waals surface area (Å²) in [4.78, 5) is 0. The summed E-state index contributed by atoms with van der Waals surface area (Å²) in [6.45, 7) is 6.94. The molecule has 1 aliphatic rings. The highest BCUT2D eigenvalue weighted by molar-refractivity contribution is 4.78. The Hall–Kier alpha value is -0.0400. The van der Waals surface area contributed by atoms with Gasteiger partial charge in [-0.15, -0.1) is 0 Å². The highest BCUT2D eigenvalue weighted by atomic mass is 15.0. The third-order valence-corrected chi connectivity index (χ3v) is 3.35. The molecule has 2 atom stereocenters. The molecule has 1 saturated carbocycles. The fraction of sp³-hybridized carbons (Fsp3) is 1.00. The highest BCUT2D eigenvalue weighted by Crippen LogP contribution is 2.19. The molecule has 1 heteroatoms. The van der Waals surface area contributed by atoms with E-state index >= 15 is 0 Å². The number of hydrogen-bond acceptors (Lipinski definition) is 1. The van der Waals surface area contributed by atoms with Crippen LogP contribution >= 0.6 is 0 Å². The predicted octanol–water partition coefficient (Wildman–Crippen LogP) is 2.95. The molecular formula is C11H23N. The van der Waals surface area contributed by atoms with Gasteiger partial charge in [-0.05, 0) is 25.7 Å². The second-order valence-corrected chi connectivity index (χ2v) is 4.32. The van der Waals surface area contributed by atoms with E-state index in [1.54, 1.807) is 0 Å². The Morgan fingerprint density at radius 3 is 2.33 bits per heavy atom. The van der Waals surface area contributed by atoms with Gasteiger partial charge in [-0.25, -0.2) is 0 Å². The Labute approximate surface area is 76.9 Å². The van der Waals surface area contributed by atoms with Crippen LogP contribution in [0.15, 0.2) is 0 Å². The van der Waals surface area contributed by atoms with Crippen LogP contribution in [0.2, 0.25) is 0 Å². The number of hydrogen-bond donors (Lipinski definition) is 1. The average Bonchev–Trinajstić information content (AvgIpc) is 2.55. The summed E-state index contributed by atoms with van der Waals surface area (Å²) in [6.07, 6.45) is 6.97. The molecule has 1 fully saturated rings. The lowest BCUT2D eigenvalue weighted by molar-refractivity contribution is 0.349. The first-order valence-electron chi connectivity index (χ1n) is 5.50. The molecule has 1 N–H and O–H groups in total. The molecule has 0 heterocycles. The standard InChI is InChI=1S/C11H23N/c1-4-9(2)10(3)12-11-7-5-6-8-11/h9-12H,4-8H2,1-3H3/t9-,10+/m0/s1. The molecule has 0 bridgehead atoms. The second-order valence-electron chi connectivity index (χ2n) is 4.32. The van der Waals surface area contributed by atoms with Gasteiger partial charge in [-0.1, -0.05) is 33.1 Å². The minimum absolute atomic E-state index is 0.707. The third kappa shape index (κ3) is 2.78. The van der Waals surface area contributed by atoms with Crippen molar-refractivity contribution in [2.24, 2.45) is 5.92 Å². The van der Waals surface area contributed by atoms with E-state index in [-0.39, 0.29) is 0 Å². The van der Waals surface area contributed by atoms with Crippen molar-refractivity contribution >= 4 is 0 Å².